The van der Waals surface area contributed by atoms with E-state index in [1.54, 1.807) is 6.07 Å². The number of nitrogens with one attached hydrogen (secondary N) is 2. The SMILES string of the molecule is CC(C)Oc1ccccc1NC(=O)C1(C(=O)Nc2ccccc2C(C)(C)C)CC1. The second-order valence-corrected chi connectivity index (χ2v) is 8.95. The van der Waals surface area contributed by atoms with E-state index in [0.29, 0.717) is 24.3 Å². The Bertz CT molecular complexity index is 908. The van der Waals surface area contributed by atoms with Gasteiger partial charge in [-0.2, -0.15) is 0 Å². The predicted molar refractivity (Wildman–Crippen MR) is 116 cm³/mol. The Morgan fingerprint density at radius 3 is 1.97 bits per heavy atom. The van der Waals surface area contributed by atoms with Gasteiger partial charge < -0.3 is 15.4 Å². The first-order valence-electron chi connectivity index (χ1n) is 10.1. The van der Waals surface area contributed by atoms with Crippen molar-refractivity contribution in [3.8, 4) is 5.75 Å². The maximum Gasteiger partial charge on any atom is 0.240 e. The second-order valence-electron chi connectivity index (χ2n) is 8.95. The van der Waals surface area contributed by atoms with Crippen molar-refractivity contribution in [1.82, 2.24) is 0 Å². The Kier molecular flexibility index (Phi) is 5.69. The Hall–Kier alpha value is -2.82. The van der Waals surface area contributed by atoms with Gasteiger partial charge in [0.05, 0.1) is 11.8 Å². The topological polar surface area (TPSA) is 67.4 Å². The van der Waals surface area contributed by atoms with Gasteiger partial charge in [-0.1, -0.05) is 51.1 Å². The molecule has 0 atom stereocenters. The minimum atomic E-state index is -1.03. The van der Waals surface area contributed by atoms with Crippen LogP contribution in [0.25, 0.3) is 0 Å². The molecule has 29 heavy (non-hydrogen) atoms. The molecule has 0 heterocycles. The largest absolute Gasteiger partial charge is 0.489 e. The molecule has 5 heteroatoms. The molecule has 1 saturated carbocycles. The first-order chi connectivity index (χ1) is 13.6. The van der Waals surface area contributed by atoms with Crippen LogP contribution in [0.3, 0.4) is 0 Å². The third kappa shape index (κ3) is 4.61. The lowest BCUT2D eigenvalue weighted by Crippen LogP contribution is -2.36. The Morgan fingerprint density at radius 2 is 1.41 bits per heavy atom. The van der Waals surface area contributed by atoms with Crippen LogP contribution in [0.2, 0.25) is 0 Å². The Labute approximate surface area is 172 Å². The summed E-state index contributed by atoms with van der Waals surface area (Å²) in [6, 6.07) is 15.0. The highest BCUT2D eigenvalue weighted by atomic mass is 16.5. The van der Waals surface area contributed by atoms with Crippen LogP contribution in [-0.2, 0) is 15.0 Å². The van der Waals surface area contributed by atoms with Crippen LogP contribution in [0.4, 0.5) is 11.4 Å². The lowest BCUT2D eigenvalue weighted by Gasteiger charge is -2.24. The highest BCUT2D eigenvalue weighted by molar-refractivity contribution is 6.17. The highest BCUT2D eigenvalue weighted by Crippen LogP contribution is 2.48. The van der Waals surface area contributed by atoms with Crippen molar-refractivity contribution in [2.75, 3.05) is 10.6 Å². The molecule has 1 aliphatic carbocycles. The van der Waals surface area contributed by atoms with E-state index in [2.05, 4.69) is 31.4 Å². The molecule has 3 rings (SSSR count). The third-order valence-corrected chi connectivity index (χ3v) is 5.10. The molecule has 1 aliphatic rings. The quantitative estimate of drug-likeness (QED) is 0.668. The van der Waals surface area contributed by atoms with E-state index in [-0.39, 0.29) is 23.3 Å². The van der Waals surface area contributed by atoms with E-state index in [0.717, 1.165) is 11.3 Å². The molecule has 2 N–H and O–H groups in total. The van der Waals surface area contributed by atoms with E-state index >= 15 is 0 Å². The molecule has 154 valence electrons. The van der Waals surface area contributed by atoms with Crippen LogP contribution in [0, 0.1) is 5.41 Å². The van der Waals surface area contributed by atoms with Gasteiger partial charge in [-0.05, 0) is 55.9 Å². The summed E-state index contributed by atoms with van der Waals surface area (Å²) < 4.78 is 5.77. The van der Waals surface area contributed by atoms with Gasteiger partial charge in [-0.25, -0.2) is 0 Å². The van der Waals surface area contributed by atoms with E-state index in [1.165, 1.54) is 0 Å². The zero-order valence-corrected chi connectivity index (χ0v) is 17.8. The van der Waals surface area contributed by atoms with Crippen molar-refractivity contribution in [3.63, 3.8) is 0 Å². The summed E-state index contributed by atoms with van der Waals surface area (Å²) >= 11 is 0. The summed E-state index contributed by atoms with van der Waals surface area (Å²) in [6.07, 6.45) is 1.06. The van der Waals surface area contributed by atoms with Crippen molar-refractivity contribution >= 4 is 23.2 Å². The van der Waals surface area contributed by atoms with Crippen LogP contribution in [0.1, 0.15) is 53.0 Å². The van der Waals surface area contributed by atoms with Crippen molar-refractivity contribution in [1.29, 1.82) is 0 Å². The van der Waals surface area contributed by atoms with Gasteiger partial charge >= 0.3 is 0 Å². The molecule has 0 saturated heterocycles. The molecule has 0 aliphatic heterocycles. The fourth-order valence-electron chi connectivity index (χ4n) is 3.34. The Balaban J connectivity index is 1.77. The first-order valence-corrected chi connectivity index (χ1v) is 10.1. The molecular weight excluding hydrogens is 364 g/mol. The van der Waals surface area contributed by atoms with E-state index in [1.807, 2.05) is 56.3 Å². The molecule has 0 radical (unpaired) electrons. The van der Waals surface area contributed by atoms with Gasteiger partial charge in [0.25, 0.3) is 0 Å². The number of para-hydroxylation sites is 3. The van der Waals surface area contributed by atoms with E-state index in [4.69, 9.17) is 4.74 Å². The second kappa shape index (κ2) is 7.90. The molecule has 5 nitrogen and oxygen atoms in total. The molecule has 2 amide bonds. The number of benzene rings is 2. The summed E-state index contributed by atoms with van der Waals surface area (Å²) in [5.41, 5.74) is 1.24. The van der Waals surface area contributed by atoms with Crippen molar-refractivity contribution in [2.24, 2.45) is 5.41 Å². The monoisotopic (exact) mass is 394 g/mol. The van der Waals surface area contributed by atoms with Gasteiger partial charge in [0, 0.05) is 5.69 Å². The maximum atomic E-state index is 13.1. The molecule has 0 aromatic heterocycles. The fourth-order valence-corrected chi connectivity index (χ4v) is 3.34. The lowest BCUT2D eigenvalue weighted by molar-refractivity contribution is -0.131. The molecule has 2 aromatic carbocycles. The van der Waals surface area contributed by atoms with Gasteiger partial charge in [-0.3, -0.25) is 9.59 Å². The zero-order valence-electron chi connectivity index (χ0n) is 17.8. The number of amides is 2. The van der Waals surface area contributed by atoms with Crippen molar-refractivity contribution < 1.29 is 14.3 Å². The normalized spacial score (nSPS) is 15.0. The summed E-state index contributed by atoms with van der Waals surface area (Å²) in [5, 5.41) is 5.91. The zero-order chi connectivity index (χ0) is 21.2. The van der Waals surface area contributed by atoms with Crippen LogP contribution < -0.4 is 15.4 Å². The number of hydrogen-bond acceptors (Lipinski definition) is 3. The van der Waals surface area contributed by atoms with Crippen molar-refractivity contribution in [2.45, 2.75) is 59.0 Å². The number of carbonyl (C=O) groups excluding carboxylic acids is 2. The van der Waals surface area contributed by atoms with E-state index < -0.39 is 5.41 Å². The molecular formula is C24H30N2O3. The number of carbonyl (C=O) groups is 2. The number of hydrogen-bond donors (Lipinski definition) is 2. The molecule has 2 aromatic rings. The molecule has 0 bridgehead atoms. The predicted octanol–water partition coefficient (Wildman–Crippen LogP) is 5.13. The van der Waals surface area contributed by atoms with Gasteiger partial charge in [0.15, 0.2) is 0 Å². The third-order valence-electron chi connectivity index (χ3n) is 5.10. The maximum absolute atomic E-state index is 13.1. The van der Waals surface area contributed by atoms with E-state index in [9.17, 15) is 9.59 Å². The minimum absolute atomic E-state index is 0.0138. The van der Waals surface area contributed by atoms with Gasteiger partial charge in [0.1, 0.15) is 11.2 Å². The minimum Gasteiger partial charge on any atom is -0.489 e. The summed E-state index contributed by atoms with van der Waals surface area (Å²) in [7, 11) is 0. The summed E-state index contributed by atoms with van der Waals surface area (Å²) in [4.78, 5) is 26.1. The van der Waals surface area contributed by atoms with Crippen LogP contribution in [0.15, 0.2) is 48.5 Å². The Morgan fingerprint density at radius 1 is 0.897 bits per heavy atom. The number of anilines is 2. The highest BCUT2D eigenvalue weighted by Gasteiger charge is 2.56. The van der Waals surface area contributed by atoms with Gasteiger partial charge in [-0.15, -0.1) is 0 Å². The standard InChI is InChI=1S/C24H30N2O3/c1-16(2)29-20-13-9-8-12-19(20)26-22(28)24(14-15-24)21(27)25-18-11-7-6-10-17(18)23(3,4)5/h6-13,16H,14-15H2,1-5H3,(H,25,27)(H,26,28). The number of ether oxygens (including phenoxy) is 1. The van der Waals surface area contributed by atoms with Gasteiger partial charge in [0.2, 0.25) is 11.8 Å². The van der Waals surface area contributed by atoms with Crippen LogP contribution >= 0.6 is 0 Å². The lowest BCUT2D eigenvalue weighted by atomic mass is 9.85. The number of rotatable bonds is 6. The first kappa shape index (κ1) is 20.9. The fraction of sp³-hybridized carbons (Fsp3) is 0.417. The molecule has 0 spiro atoms. The van der Waals surface area contributed by atoms with Crippen LogP contribution in [-0.4, -0.2) is 17.9 Å². The summed E-state index contributed by atoms with van der Waals surface area (Å²) in [5.74, 6) is 0.0575. The van der Waals surface area contributed by atoms with Crippen molar-refractivity contribution in [3.05, 3.63) is 54.1 Å². The molecule has 1 fully saturated rings. The smallest absolute Gasteiger partial charge is 0.240 e. The average molecular weight is 395 g/mol. The average Bonchev–Trinajstić information content (AvgIpc) is 3.44. The summed E-state index contributed by atoms with van der Waals surface area (Å²) in [6.45, 7) is 10.2. The molecule has 0 unspecified atom stereocenters. The van der Waals surface area contributed by atoms with Crippen LogP contribution in [0.5, 0.6) is 5.75 Å².